The average molecular weight is 309 g/mol. The number of nitrogens with zero attached hydrogens (tertiary/aromatic N) is 5. The van der Waals surface area contributed by atoms with Crippen LogP contribution in [0.5, 0.6) is 0 Å². The third kappa shape index (κ3) is 4.04. The Balaban J connectivity index is 1.56. The van der Waals surface area contributed by atoms with Gasteiger partial charge in [-0.2, -0.15) is 0 Å². The number of aryl methyl sites for hydroxylation is 1. The summed E-state index contributed by atoms with van der Waals surface area (Å²) in [6, 6.07) is 0.597. The van der Waals surface area contributed by atoms with Crippen LogP contribution in [-0.4, -0.2) is 82.2 Å². The van der Waals surface area contributed by atoms with Gasteiger partial charge in [0.2, 0.25) is 0 Å². The summed E-state index contributed by atoms with van der Waals surface area (Å²) in [6.07, 6.45) is 2.47. The van der Waals surface area contributed by atoms with Crippen molar-refractivity contribution in [1.82, 2.24) is 24.6 Å². The second kappa shape index (κ2) is 7.50. The van der Waals surface area contributed by atoms with Crippen LogP contribution in [0.1, 0.15) is 30.5 Å². The van der Waals surface area contributed by atoms with E-state index >= 15 is 0 Å². The van der Waals surface area contributed by atoms with Crippen LogP contribution in [0.3, 0.4) is 0 Å². The molecule has 7 nitrogen and oxygen atoms in total. The lowest BCUT2D eigenvalue weighted by Gasteiger charge is -2.29. The molecule has 0 radical (unpaired) electrons. The first-order valence-corrected chi connectivity index (χ1v) is 8.31. The molecule has 3 rings (SSSR count). The van der Waals surface area contributed by atoms with E-state index in [9.17, 15) is 5.11 Å². The predicted molar refractivity (Wildman–Crippen MR) is 82.7 cm³/mol. The maximum atomic E-state index is 9.33. The normalized spacial score (nSPS) is 20.0. The van der Waals surface area contributed by atoms with Gasteiger partial charge in [0.15, 0.2) is 0 Å². The Morgan fingerprint density at radius 3 is 2.68 bits per heavy atom. The highest BCUT2D eigenvalue weighted by molar-refractivity contribution is 5.01. The number of aliphatic hydroxyl groups is 1. The van der Waals surface area contributed by atoms with Crippen LogP contribution in [0.4, 0.5) is 0 Å². The molecule has 1 aromatic rings. The number of morpholine rings is 1. The summed E-state index contributed by atoms with van der Waals surface area (Å²) in [6.45, 7) is 9.28. The lowest BCUT2D eigenvalue weighted by atomic mass is 10.3. The third-order valence-corrected chi connectivity index (χ3v) is 4.47. The number of hydrogen-bond acceptors (Lipinski definition) is 6. The molecule has 0 bridgehead atoms. The van der Waals surface area contributed by atoms with Gasteiger partial charge in [-0.05, 0) is 19.8 Å². The molecule has 1 saturated carbocycles. The van der Waals surface area contributed by atoms with Gasteiger partial charge in [-0.15, -0.1) is 10.2 Å². The van der Waals surface area contributed by atoms with E-state index in [-0.39, 0.29) is 6.61 Å². The lowest BCUT2D eigenvalue weighted by Crippen LogP contribution is -2.42. The van der Waals surface area contributed by atoms with Crippen molar-refractivity contribution >= 4 is 0 Å². The second-order valence-electron chi connectivity index (χ2n) is 6.22. The molecule has 22 heavy (non-hydrogen) atoms. The summed E-state index contributed by atoms with van der Waals surface area (Å²) >= 11 is 0. The predicted octanol–water partition coefficient (Wildman–Crippen LogP) is 0.0479. The fourth-order valence-electron chi connectivity index (χ4n) is 3.05. The van der Waals surface area contributed by atoms with E-state index in [4.69, 9.17) is 4.74 Å². The summed E-state index contributed by atoms with van der Waals surface area (Å²) in [7, 11) is 0. The molecule has 1 N–H and O–H groups in total. The monoisotopic (exact) mass is 309 g/mol. The van der Waals surface area contributed by atoms with E-state index in [1.807, 2.05) is 6.92 Å². The first kappa shape index (κ1) is 15.9. The molecule has 2 aliphatic rings. The van der Waals surface area contributed by atoms with E-state index in [0.29, 0.717) is 12.6 Å². The largest absolute Gasteiger partial charge is 0.395 e. The lowest BCUT2D eigenvalue weighted by molar-refractivity contribution is 0.0318. The Labute approximate surface area is 131 Å². The van der Waals surface area contributed by atoms with E-state index < -0.39 is 0 Å². The number of aromatic nitrogens is 3. The Kier molecular flexibility index (Phi) is 5.41. The van der Waals surface area contributed by atoms with Gasteiger partial charge in [0.1, 0.15) is 11.6 Å². The quantitative estimate of drug-likeness (QED) is 0.732. The van der Waals surface area contributed by atoms with Gasteiger partial charge in [0.25, 0.3) is 0 Å². The summed E-state index contributed by atoms with van der Waals surface area (Å²) in [4.78, 5) is 4.70. The van der Waals surface area contributed by atoms with Crippen LogP contribution >= 0.6 is 0 Å². The van der Waals surface area contributed by atoms with E-state index in [1.54, 1.807) is 0 Å². The molecule has 0 spiro atoms. The maximum Gasteiger partial charge on any atom is 0.147 e. The Morgan fingerprint density at radius 2 is 2.00 bits per heavy atom. The molecule has 2 fully saturated rings. The van der Waals surface area contributed by atoms with Crippen LogP contribution in [0.25, 0.3) is 0 Å². The molecule has 7 heteroatoms. The minimum atomic E-state index is 0.180. The van der Waals surface area contributed by atoms with E-state index in [2.05, 4.69) is 24.6 Å². The van der Waals surface area contributed by atoms with Crippen molar-refractivity contribution in [3.63, 3.8) is 0 Å². The fourth-order valence-corrected chi connectivity index (χ4v) is 3.05. The molecule has 1 aliphatic carbocycles. The molecular weight excluding hydrogens is 282 g/mol. The zero-order valence-electron chi connectivity index (χ0n) is 13.4. The molecule has 0 aromatic carbocycles. The van der Waals surface area contributed by atoms with Crippen molar-refractivity contribution in [2.24, 2.45) is 0 Å². The maximum absolute atomic E-state index is 9.33. The van der Waals surface area contributed by atoms with Crippen molar-refractivity contribution in [1.29, 1.82) is 0 Å². The molecule has 1 aliphatic heterocycles. The van der Waals surface area contributed by atoms with Crippen LogP contribution in [0, 0.1) is 6.92 Å². The SMILES string of the molecule is Cc1nnc(CN(CCO)CCN2CCOCC2)n1C1CC1. The van der Waals surface area contributed by atoms with Gasteiger partial charge >= 0.3 is 0 Å². The standard InChI is InChI=1S/C15H27N5O2/c1-13-16-17-15(20(13)14-2-3-14)12-19(6-9-21)5-4-18-7-10-22-11-8-18/h14,21H,2-12H2,1H3. The minimum absolute atomic E-state index is 0.180. The number of ether oxygens (including phenoxy) is 1. The molecule has 1 aromatic heterocycles. The molecule has 2 heterocycles. The molecule has 0 amide bonds. The van der Waals surface area contributed by atoms with Gasteiger partial charge in [-0.3, -0.25) is 9.80 Å². The van der Waals surface area contributed by atoms with Crippen LogP contribution in [0.2, 0.25) is 0 Å². The Bertz CT molecular complexity index is 468. The van der Waals surface area contributed by atoms with Crippen molar-refractivity contribution in [2.75, 3.05) is 52.5 Å². The number of hydrogen-bond donors (Lipinski definition) is 1. The highest BCUT2D eigenvalue weighted by Gasteiger charge is 2.28. The summed E-state index contributed by atoms with van der Waals surface area (Å²) < 4.78 is 7.66. The van der Waals surface area contributed by atoms with Crippen molar-refractivity contribution in [3.05, 3.63) is 11.6 Å². The zero-order chi connectivity index (χ0) is 15.4. The van der Waals surface area contributed by atoms with Crippen molar-refractivity contribution < 1.29 is 9.84 Å². The van der Waals surface area contributed by atoms with Gasteiger partial charge in [-0.1, -0.05) is 0 Å². The first-order valence-electron chi connectivity index (χ1n) is 8.31. The van der Waals surface area contributed by atoms with Crippen molar-refractivity contribution in [3.8, 4) is 0 Å². The topological polar surface area (TPSA) is 66.7 Å². The molecular formula is C15H27N5O2. The highest BCUT2D eigenvalue weighted by Crippen LogP contribution is 2.36. The smallest absolute Gasteiger partial charge is 0.147 e. The average Bonchev–Trinajstić information content (AvgIpc) is 3.30. The Morgan fingerprint density at radius 1 is 1.23 bits per heavy atom. The molecule has 124 valence electrons. The summed E-state index contributed by atoms with van der Waals surface area (Å²) in [5, 5.41) is 17.9. The van der Waals surface area contributed by atoms with Gasteiger partial charge < -0.3 is 14.4 Å². The fraction of sp³-hybridized carbons (Fsp3) is 0.867. The molecule has 0 atom stereocenters. The van der Waals surface area contributed by atoms with Crippen molar-refractivity contribution in [2.45, 2.75) is 32.4 Å². The third-order valence-electron chi connectivity index (χ3n) is 4.47. The van der Waals surface area contributed by atoms with Crippen LogP contribution in [-0.2, 0) is 11.3 Å². The minimum Gasteiger partial charge on any atom is -0.395 e. The number of rotatable bonds is 8. The van der Waals surface area contributed by atoms with E-state index in [0.717, 1.165) is 57.6 Å². The first-order chi connectivity index (χ1) is 10.8. The van der Waals surface area contributed by atoms with Gasteiger partial charge in [0.05, 0.1) is 26.4 Å². The Hall–Kier alpha value is -1.02. The molecule has 0 unspecified atom stereocenters. The van der Waals surface area contributed by atoms with Crippen LogP contribution in [0.15, 0.2) is 0 Å². The second-order valence-corrected chi connectivity index (χ2v) is 6.22. The summed E-state index contributed by atoms with van der Waals surface area (Å²) in [5.41, 5.74) is 0. The molecule has 1 saturated heterocycles. The highest BCUT2D eigenvalue weighted by atomic mass is 16.5. The van der Waals surface area contributed by atoms with Gasteiger partial charge in [-0.25, -0.2) is 0 Å². The summed E-state index contributed by atoms with van der Waals surface area (Å²) in [5.74, 6) is 2.05. The number of aliphatic hydroxyl groups excluding tert-OH is 1. The van der Waals surface area contributed by atoms with Crippen LogP contribution < -0.4 is 0 Å². The zero-order valence-corrected chi connectivity index (χ0v) is 13.4. The van der Waals surface area contributed by atoms with Gasteiger partial charge in [0, 0.05) is 38.8 Å². The van der Waals surface area contributed by atoms with E-state index in [1.165, 1.54) is 12.8 Å².